The van der Waals surface area contributed by atoms with Gasteiger partial charge < -0.3 is 10.3 Å². The van der Waals surface area contributed by atoms with Crippen molar-refractivity contribution in [2.24, 2.45) is 0 Å². The van der Waals surface area contributed by atoms with Gasteiger partial charge in [0.1, 0.15) is 0 Å². The minimum Gasteiger partial charge on any atom is -0.475 e. The van der Waals surface area contributed by atoms with Gasteiger partial charge in [-0.1, -0.05) is 6.92 Å². The number of carboxylic acid groups (broad SMARTS) is 1. The van der Waals surface area contributed by atoms with Crippen molar-refractivity contribution in [1.82, 2.24) is 5.48 Å². The Morgan fingerprint density at radius 1 is 1.55 bits per heavy atom. The predicted octanol–water partition coefficient (Wildman–Crippen LogP) is 0.618. The third-order valence-electron chi connectivity index (χ3n) is 0.401. The fourth-order valence-electron chi connectivity index (χ4n) is 0. The molecule has 0 fully saturated rings. The fraction of sp³-hybridized carbons (Fsp3) is 0.750. The van der Waals surface area contributed by atoms with Gasteiger partial charge in [0.25, 0.3) is 0 Å². The number of alkyl halides is 3. The van der Waals surface area contributed by atoms with E-state index in [1.807, 2.05) is 12.4 Å². The average molecular weight is 175 g/mol. The Balaban J connectivity index is 0. The smallest absolute Gasteiger partial charge is 0.475 e. The second-order valence-corrected chi connectivity index (χ2v) is 1.31. The van der Waals surface area contributed by atoms with E-state index in [4.69, 9.17) is 15.1 Å². The summed E-state index contributed by atoms with van der Waals surface area (Å²) in [5.74, 6) is -2.76. The Kier molecular flexibility index (Phi) is 6.91. The molecule has 0 aliphatic heterocycles. The lowest BCUT2D eigenvalue weighted by molar-refractivity contribution is -0.192. The van der Waals surface area contributed by atoms with E-state index in [-0.39, 0.29) is 0 Å². The first-order chi connectivity index (χ1) is 4.86. The summed E-state index contributed by atoms with van der Waals surface area (Å²) in [7, 11) is 0. The van der Waals surface area contributed by atoms with Crippen LogP contribution < -0.4 is 5.48 Å². The molecule has 0 radical (unpaired) electrons. The average Bonchev–Trinajstić information content (AvgIpc) is 1.87. The molecule has 0 aromatic carbocycles. The van der Waals surface area contributed by atoms with Gasteiger partial charge in [0.05, 0.1) is 0 Å². The maximum absolute atomic E-state index is 10.6. The zero-order valence-electron chi connectivity index (χ0n) is 5.64. The first-order valence-electron chi connectivity index (χ1n) is 2.53. The number of halogens is 3. The number of aliphatic carboxylic acids is 1. The van der Waals surface area contributed by atoms with E-state index in [2.05, 4.69) is 0 Å². The minimum atomic E-state index is -5.08. The summed E-state index contributed by atoms with van der Waals surface area (Å²) in [5.41, 5.74) is 1.93. The van der Waals surface area contributed by atoms with Gasteiger partial charge >= 0.3 is 12.1 Å². The van der Waals surface area contributed by atoms with E-state index in [9.17, 15) is 13.2 Å². The van der Waals surface area contributed by atoms with E-state index in [1.165, 1.54) is 0 Å². The summed E-state index contributed by atoms with van der Waals surface area (Å²) in [5, 5.41) is 14.8. The normalized spacial score (nSPS) is 9.91. The van der Waals surface area contributed by atoms with E-state index in [0.29, 0.717) is 6.54 Å². The lowest BCUT2D eigenvalue weighted by Gasteiger charge is -1.93. The third kappa shape index (κ3) is 12.4. The van der Waals surface area contributed by atoms with Crippen LogP contribution in [-0.4, -0.2) is 29.0 Å². The quantitative estimate of drug-likeness (QED) is 0.511. The topological polar surface area (TPSA) is 69.6 Å². The number of hydrogen-bond acceptors (Lipinski definition) is 3. The highest BCUT2D eigenvalue weighted by molar-refractivity contribution is 5.73. The van der Waals surface area contributed by atoms with Crippen molar-refractivity contribution in [2.75, 3.05) is 6.54 Å². The molecule has 0 bridgehead atoms. The first kappa shape index (κ1) is 12.8. The van der Waals surface area contributed by atoms with E-state index < -0.39 is 12.1 Å². The molecular weight excluding hydrogens is 167 g/mol. The number of hydroxylamine groups is 1. The molecule has 0 heterocycles. The summed E-state index contributed by atoms with van der Waals surface area (Å²) in [6.45, 7) is 2.44. The van der Waals surface area contributed by atoms with Gasteiger partial charge in [0.15, 0.2) is 0 Å². The molecule has 11 heavy (non-hydrogen) atoms. The van der Waals surface area contributed by atoms with E-state index in [0.717, 1.165) is 0 Å². The van der Waals surface area contributed by atoms with Crippen LogP contribution in [0, 0.1) is 0 Å². The summed E-state index contributed by atoms with van der Waals surface area (Å²) in [6, 6.07) is 0. The number of rotatable bonds is 1. The molecule has 0 saturated carbocycles. The van der Waals surface area contributed by atoms with E-state index in [1.54, 1.807) is 0 Å². The molecule has 68 valence electrons. The van der Waals surface area contributed by atoms with Gasteiger partial charge in [0.2, 0.25) is 0 Å². The largest absolute Gasteiger partial charge is 0.490 e. The molecule has 7 heteroatoms. The molecule has 0 rings (SSSR count). The van der Waals surface area contributed by atoms with Crippen LogP contribution in [0.3, 0.4) is 0 Å². The molecule has 0 spiro atoms. The molecule has 0 aromatic heterocycles. The zero-order valence-corrected chi connectivity index (χ0v) is 5.64. The molecule has 0 amide bonds. The number of nitrogens with one attached hydrogen (secondary N) is 1. The zero-order chi connectivity index (χ0) is 9.49. The highest BCUT2D eigenvalue weighted by Crippen LogP contribution is 2.13. The lowest BCUT2D eigenvalue weighted by Crippen LogP contribution is -2.21. The van der Waals surface area contributed by atoms with Crippen molar-refractivity contribution in [3.05, 3.63) is 0 Å². The van der Waals surface area contributed by atoms with E-state index >= 15 is 0 Å². The van der Waals surface area contributed by atoms with Gasteiger partial charge in [-0.25, -0.2) is 10.3 Å². The van der Waals surface area contributed by atoms with Crippen LogP contribution >= 0.6 is 0 Å². The highest BCUT2D eigenvalue weighted by atomic mass is 19.4. The summed E-state index contributed by atoms with van der Waals surface area (Å²) in [6.07, 6.45) is -5.08. The van der Waals surface area contributed by atoms with Crippen molar-refractivity contribution < 1.29 is 28.3 Å². The molecule has 0 atom stereocenters. The lowest BCUT2D eigenvalue weighted by atomic mass is 10.7. The van der Waals surface area contributed by atoms with Gasteiger partial charge in [-0.2, -0.15) is 13.2 Å². The Morgan fingerprint density at radius 2 is 1.73 bits per heavy atom. The fourth-order valence-corrected chi connectivity index (χ4v) is 0. The highest BCUT2D eigenvalue weighted by Gasteiger charge is 2.38. The maximum atomic E-state index is 10.6. The monoisotopic (exact) mass is 175 g/mol. The van der Waals surface area contributed by atoms with Gasteiger partial charge in [-0.05, 0) is 0 Å². The molecule has 0 aliphatic rings. The van der Waals surface area contributed by atoms with Crippen LogP contribution in [-0.2, 0) is 4.79 Å². The van der Waals surface area contributed by atoms with Crippen molar-refractivity contribution in [3.63, 3.8) is 0 Å². The number of hydrogen-bond donors (Lipinski definition) is 3. The van der Waals surface area contributed by atoms with Gasteiger partial charge in [-0.15, -0.1) is 0 Å². The molecule has 0 aliphatic carbocycles. The third-order valence-corrected chi connectivity index (χ3v) is 0.401. The number of carbonyl (C=O) groups is 1. The SMILES string of the molecule is CCNO.O=C(O)C(F)(F)F. The minimum absolute atomic E-state index is 0.625. The van der Waals surface area contributed by atoms with Crippen LogP contribution in [0.25, 0.3) is 0 Å². The second kappa shape index (κ2) is 5.93. The molecule has 0 unspecified atom stereocenters. The van der Waals surface area contributed by atoms with Crippen LogP contribution in [0.4, 0.5) is 13.2 Å². The van der Waals surface area contributed by atoms with Crippen LogP contribution in [0.1, 0.15) is 6.92 Å². The van der Waals surface area contributed by atoms with Crippen LogP contribution in [0.15, 0.2) is 0 Å². The molecule has 3 N–H and O–H groups in total. The van der Waals surface area contributed by atoms with Crippen molar-refractivity contribution in [1.29, 1.82) is 0 Å². The molecule has 0 aromatic rings. The van der Waals surface area contributed by atoms with Crippen molar-refractivity contribution >= 4 is 5.97 Å². The summed E-state index contributed by atoms with van der Waals surface area (Å²) >= 11 is 0. The Morgan fingerprint density at radius 3 is 1.73 bits per heavy atom. The summed E-state index contributed by atoms with van der Waals surface area (Å²) < 4.78 is 31.7. The maximum Gasteiger partial charge on any atom is 0.490 e. The first-order valence-corrected chi connectivity index (χ1v) is 2.53. The molecule has 4 nitrogen and oxygen atoms in total. The Labute approximate surface area is 60.6 Å². The second-order valence-electron chi connectivity index (χ2n) is 1.31. The number of carboxylic acids is 1. The Bertz CT molecular complexity index is 112. The molecule has 0 saturated heterocycles. The van der Waals surface area contributed by atoms with Crippen molar-refractivity contribution in [3.8, 4) is 0 Å². The van der Waals surface area contributed by atoms with Crippen LogP contribution in [0.5, 0.6) is 0 Å². The standard InChI is InChI=1S/C2HF3O2.C2H7NO/c3-2(4,5)1(6)7;1-2-3-4/h(H,6,7);3-4H,2H2,1H3. The predicted molar refractivity (Wildman–Crippen MR) is 29.2 cm³/mol. The van der Waals surface area contributed by atoms with Gasteiger partial charge in [-0.3, -0.25) is 0 Å². The van der Waals surface area contributed by atoms with Crippen LogP contribution in [0.2, 0.25) is 0 Å². The summed E-state index contributed by atoms with van der Waals surface area (Å²) in [4.78, 5) is 8.90. The molecular formula is C4H8F3NO3. The van der Waals surface area contributed by atoms with Gasteiger partial charge in [0, 0.05) is 6.54 Å². The van der Waals surface area contributed by atoms with Crippen molar-refractivity contribution in [2.45, 2.75) is 13.1 Å². The Hall–Kier alpha value is -0.820.